The van der Waals surface area contributed by atoms with E-state index in [0.29, 0.717) is 6.61 Å². The van der Waals surface area contributed by atoms with Crippen molar-refractivity contribution >= 4 is 11.8 Å². The largest absolute Gasteiger partial charge is 0.501 e. The molecule has 0 N–H and O–H groups in total. The van der Waals surface area contributed by atoms with Crippen LogP contribution in [0.1, 0.15) is 25.3 Å². The van der Waals surface area contributed by atoms with Crippen molar-refractivity contribution in [2.45, 2.75) is 19.8 Å². The number of nitrogens with zero attached hydrogens (tertiary/aromatic N) is 1. The van der Waals surface area contributed by atoms with Crippen LogP contribution < -0.4 is 0 Å². The number of hydrogen-bond acceptors (Lipinski definition) is 3. The third-order valence-corrected chi connectivity index (χ3v) is 2.08. The van der Waals surface area contributed by atoms with Crippen LogP contribution in [0.25, 0.3) is 6.08 Å². The highest BCUT2D eigenvalue weighted by Crippen LogP contribution is 2.12. The van der Waals surface area contributed by atoms with Gasteiger partial charge in [-0.15, -0.1) is 0 Å². The molecule has 0 aliphatic rings. The maximum atomic E-state index is 10.4. The fourth-order valence-electron chi connectivity index (χ4n) is 1.13. The summed E-state index contributed by atoms with van der Waals surface area (Å²) in [6.07, 6.45) is 5.55. The van der Waals surface area contributed by atoms with Gasteiger partial charge in [0.1, 0.15) is 0 Å². The Hall–Kier alpha value is -1.84. The first-order valence-corrected chi connectivity index (χ1v) is 5.26. The Balaban J connectivity index is 2.45. The minimum absolute atomic E-state index is 0.101. The van der Waals surface area contributed by atoms with Crippen molar-refractivity contribution in [2.24, 2.45) is 0 Å². The molecule has 86 valence electrons. The van der Waals surface area contributed by atoms with Crippen LogP contribution in [-0.4, -0.2) is 11.5 Å². The summed E-state index contributed by atoms with van der Waals surface area (Å²) < 4.78 is 5.24. The number of ether oxygens (including phenoxy) is 1. The Morgan fingerprint density at radius 1 is 1.38 bits per heavy atom. The van der Waals surface area contributed by atoms with Crippen molar-refractivity contribution in [3.05, 3.63) is 46.2 Å². The second-order valence-corrected chi connectivity index (χ2v) is 3.38. The van der Waals surface area contributed by atoms with E-state index >= 15 is 0 Å². The SMILES string of the molecule is CCCCO/C=C\c1ccc([N+](=O)[O-])cc1. The van der Waals surface area contributed by atoms with Crippen LogP contribution in [-0.2, 0) is 4.74 Å². The smallest absolute Gasteiger partial charge is 0.269 e. The van der Waals surface area contributed by atoms with E-state index in [1.54, 1.807) is 24.5 Å². The molecule has 0 fully saturated rings. The first-order valence-electron chi connectivity index (χ1n) is 5.26. The molecular formula is C12H15NO3. The predicted octanol–water partition coefficient (Wildman–Crippen LogP) is 3.38. The third kappa shape index (κ3) is 4.13. The standard InChI is InChI=1S/C12H15NO3/c1-2-3-9-16-10-8-11-4-6-12(7-5-11)13(14)15/h4-8,10H,2-3,9H2,1H3/b10-8-. The van der Waals surface area contributed by atoms with E-state index in [4.69, 9.17) is 4.74 Å². The summed E-state index contributed by atoms with van der Waals surface area (Å²) in [6.45, 7) is 2.81. The summed E-state index contributed by atoms with van der Waals surface area (Å²) in [5.41, 5.74) is 0.992. The Morgan fingerprint density at radius 2 is 2.06 bits per heavy atom. The van der Waals surface area contributed by atoms with Gasteiger partial charge in [-0.05, 0) is 30.2 Å². The number of hydrogen-bond donors (Lipinski definition) is 0. The van der Waals surface area contributed by atoms with Crippen LogP contribution in [0.5, 0.6) is 0 Å². The van der Waals surface area contributed by atoms with E-state index in [9.17, 15) is 10.1 Å². The third-order valence-electron chi connectivity index (χ3n) is 2.08. The number of benzene rings is 1. The fraction of sp³-hybridized carbons (Fsp3) is 0.333. The first kappa shape index (κ1) is 12.2. The van der Waals surface area contributed by atoms with Crippen molar-refractivity contribution in [2.75, 3.05) is 6.61 Å². The van der Waals surface area contributed by atoms with E-state index in [0.717, 1.165) is 18.4 Å². The van der Waals surface area contributed by atoms with Crippen molar-refractivity contribution in [1.29, 1.82) is 0 Å². The molecule has 0 heterocycles. The summed E-state index contributed by atoms with van der Waals surface area (Å²) in [5.74, 6) is 0. The van der Waals surface area contributed by atoms with Crippen LogP contribution in [0.2, 0.25) is 0 Å². The molecule has 0 aliphatic heterocycles. The second kappa shape index (κ2) is 6.61. The molecule has 0 aliphatic carbocycles. The highest BCUT2D eigenvalue weighted by molar-refractivity contribution is 5.50. The Bertz CT molecular complexity index is 357. The van der Waals surface area contributed by atoms with Gasteiger partial charge in [-0.3, -0.25) is 10.1 Å². The van der Waals surface area contributed by atoms with Gasteiger partial charge in [0.15, 0.2) is 0 Å². The van der Waals surface area contributed by atoms with Gasteiger partial charge >= 0.3 is 0 Å². The quantitative estimate of drug-likeness (QED) is 0.320. The lowest BCUT2D eigenvalue weighted by Gasteiger charge is -1.97. The molecule has 0 bridgehead atoms. The normalized spacial score (nSPS) is 10.6. The molecule has 1 aromatic rings. The van der Waals surface area contributed by atoms with Crippen LogP contribution in [0, 0.1) is 10.1 Å². The molecule has 16 heavy (non-hydrogen) atoms. The topological polar surface area (TPSA) is 52.4 Å². The number of nitro groups is 1. The van der Waals surface area contributed by atoms with E-state index in [1.165, 1.54) is 12.1 Å². The monoisotopic (exact) mass is 221 g/mol. The molecule has 0 atom stereocenters. The maximum Gasteiger partial charge on any atom is 0.269 e. The number of nitro benzene ring substituents is 1. The molecule has 0 aromatic heterocycles. The average Bonchev–Trinajstić information content (AvgIpc) is 2.29. The van der Waals surface area contributed by atoms with Gasteiger partial charge in [-0.2, -0.15) is 0 Å². The van der Waals surface area contributed by atoms with Crippen LogP contribution >= 0.6 is 0 Å². The van der Waals surface area contributed by atoms with Gasteiger partial charge in [0.25, 0.3) is 5.69 Å². The van der Waals surface area contributed by atoms with Crippen molar-refractivity contribution in [3.8, 4) is 0 Å². The van der Waals surface area contributed by atoms with Gasteiger partial charge in [0.2, 0.25) is 0 Å². The molecule has 0 saturated heterocycles. The lowest BCUT2D eigenvalue weighted by atomic mass is 10.2. The lowest BCUT2D eigenvalue weighted by Crippen LogP contribution is -1.87. The van der Waals surface area contributed by atoms with Crippen molar-refractivity contribution < 1.29 is 9.66 Å². The first-order chi connectivity index (χ1) is 7.74. The number of rotatable bonds is 6. The molecule has 4 heteroatoms. The summed E-state index contributed by atoms with van der Waals surface area (Å²) in [4.78, 5) is 10.00. The van der Waals surface area contributed by atoms with Crippen LogP contribution in [0.3, 0.4) is 0 Å². The predicted molar refractivity (Wildman–Crippen MR) is 63.0 cm³/mol. The van der Waals surface area contributed by atoms with Gasteiger partial charge in [-0.1, -0.05) is 13.3 Å². The highest BCUT2D eigenvalue weighted by atomic mass is 16.6. The van der Waals surface area contributed by atoms with E-state index in [1.807, 2.05) is 0 Å². The Kier molecular flexibility index (Phi) is 5.05. The average molecular weight is 221 g/mol. The second-order valence-electron chi connectivity index (χ2n) is 3.38. The number of unbranched alkanes of at least 4 members (excludes halogenated alkanes) is 1. The summed E-state index contributed by atoms with van der Waals surface area (Å²) in [6, 6.07) is 6.34. The van der Waals surface area contributed by atoms with E-state index in [2.05, 4.69) is 6.92 Å². The van der Waals surface area contributed by atoms with Crippen LogP contribution in [0.4, 0.5) is 5.69 Å². The number of non-ortho nitro benzene ring substituents is 1. The molecule has 0 spiro atoms. The van der Waals surface area contributed by atoms with Crippen molar-refractivity contribution in [1.82, 2.24) is 0 Å². The van der Waals surface area contributed by atoms with Gasteiger partial charge in [0, 0.05) is 12.1 Å². The molecule has 0 saturated carbocycles. The molecule has 0 amide bonds. The maximum absolute atomic E-state index is 10.4. The summed E-state index contributed by atoms with van der Waals surface area (Å²) >= 11 is 0. The minimum Gasteiger partial charge on any atom is -0.501 e. The fourth-order valence-corrected chi connectivity index (χ4v) is 1.13. The molecule has 0 radical (unpaired) electrons. The zero-order chi connectivity index (χ0) is 11.8. The molecule has 4 nitrogen and oxygen atoms in total. The minimum atomic E-state index is -0.411. The van der Waals surface area contributed by atoms with Crippen LogP contribution in [0.15, 0.2) is 30.5 Å². The van der Waals surface area contributed by atoms with E-state index < -0.39 is 4.92 Å². The van der Waals surface area contributed by atoms with Gasteiger partial charge in [0.05, 0.1) is 17.8 Å². The molecule has 0 unspecified atom stereocenters. The summed E-state index contributed by atoms with van der Waals surface area (Å²) in [5, 5.41) is 10.4. The Morgan fingerprint density at radius 3 is 2.62 bits per heavy atom. The van der Waals surface area contributed by atoms with Gasteiger partial charge < -0.3 is 4.74 Å². The highest BCUT2D eigenvalue weighted by Gasteiger charge is 2.01. The zero-order valence-electron chi connectivity index (χ0n) is 9.26. The van der Waals surface area contributed by atoms with Crippen molar-refractivity contribution in [3.63, 3.8) is 0 Å². The van der Waals surface area contributed by atoms with Gasteiger partial charge in [-0.25, -0.2) is 0 Å². The molecule has 1 aromatic carbocycles. The molecular weight excluding hydrogens is 206 g/mol. The van der Waals surface area contributed by atoms with E-state index in [-0.39, 0.29) is 5.69 Å². The Labute approximate surface area is 94.7 Å². The summed E-state index contributed by atoms with van der Waals surface area (Å²) in [7, 11) is 0. The lowest BCUT2D eigenvalue weighted by molar-refractivity contribution is -0.384. The zero-order valence-corrected chi connectivity index (χ0v) is 9.26. The molecule has 1 rings (SSSR count).